The number of β-amino-alcohol motifs (C(OH)–C–C–N with tert-alkyl or cyclic N) is 1. The van der Waals surface area contributed by atoms with E-state index in [1.807, 2.05) is 0 Å². The van der Waals surface area contributed by atoms with E-state index >= 15 is 0 Å². The van der Waals surface area contributed by atoms with Gasteiger partial charge >= 0.3 is 0 Å². The summed E-state index contributed by atoms with van der Waals surface area (Å²) in [5, 5.41) is 8.92. The van der Waals surface area contributed by atoms with Gasteiger partial charge in [-0.15, -0.1) is 0 Å². The van der Waals surface area contributed by atoms with Crippen LogP contribution >= 0.6 is 0 Å². The molecule has 1 aliphatic carbocycles. The molecule has 2 aliphatic rings. The molecule has 1 N–H and O–H groups in total. The maximum absolute atomic E-state index is 8.92. The third kappa shape index (κ3) is 5.03. The zero-order valence-electron chi connectivity index (χ0n) is 12.4. The van der Waals surface area contributed by atoms with Crippen LogP contribution in [-0.4, -0.2) is 73.5 Å². The standard InChI is InChI=1S/C15H30N2O2/c1-14-4-2-3-5-15(14)19-13-11-17-8-6-16(7-9-17)10-12-18/h14-15,18H,2-13H2,1H3/t14-,15-/m0/s1. The molecule has 0 radical (unpaired) electrons. The second-order valence-electron chi connectivity index (χ2n) is 6.08. The minimum absolute atomic E-state index is 0.280. The van der Waals surface area contributed by atoms with Crippen LogP contribution in [0.1, 0.15) is 32.6 Å². The highest BCUT2D eigenvalue weighted by molar-refractivity contribution is 4.74. The zero-order chi connectivity index (χ0) is 13.5. The molecule has 0 spiro atoms. The van der Waals surface area contributed by atoms with Crippen molar-refractivity contribution in [2.45, 2.75) is 38.7 Å². The first-order valence-corrected chi connectivity index (χ1v) is 7.97. The third-order valence-corrected chi connectivity index (χ3v) is 4.65. The summed E-state index contributed by atoms with van der Waals surface area (Å²) in [6.45, 7) is 9.78. The summed E-state index contributed by atoms with van der Waals surface area (Å²) in [5.41, 5.74) is 0. The zero-order valence-corrected chi connectivity index (χ0v) is 12.4. The van der Waals surface area contributed by atoms with Crippen LogP contribution in [0.25, 0.3) is 0 Å². The van der Waals surface area contributed by atoms with Crippen LogP contribution in [0.2, 0.25) is 0 Å². The molecule has 4 nitrogen and oxygen atoms in total. The fourth-order valence-corrected chi connectivity index (χ4v) is 3.24. The highest BCUT2D eigenvalue weighted by atomic mass is 16.5. The number of ether oxygens (including phenoxy) is 1. The number of aliphatic hydroxyl groups is 1. The van der Waals surface area contributed by atoms with Crippen molar-refractivity contribution in [3.63, 3.8) is 0 Å². The van der Waals surface area contributed by atoms with Crippen molar-refractivity contribution in [3.8, 4) is 0 Å². The van der Waals surface area contributed by atoms with Crippen molar-refractivity contribution < 1.29 is 9.84 Å². The van der Waals surface area contributed by atoms with Crippen molar-refractivity contribution in [3.05, 3.63) is 0 Å². The van der Waals surface area contributed by atoms with Crippen LogP contribution < -0.4 is 0 Å². The molecule has 4 heteroatoms. The molecular formula is C15H30N2O2. The Bertz CT molecular complexity index is 242. The number of rotatable bonds is 6. The summed E-state index contributed by atoms with van der Waals surface area (Å²) >= 11 is 0. The maximum atomic E-state index is 8.92. The molecule has 0 amide bonds. The van der Waals surface area contributed by atoms with Gasteiger partial charge in [-0.25, -0.2) is 0 Å². The molecule has 1 saturated heterocycles. The third-order valence-electron chi connectivity index (χ3n) is 4.65. The van der Waals surface area contributed by atoms with E-state index in [9.17, 15) is 0 Å². The molecule has 0 bridgehead atoms. The van der Waals surface area contributed by atoms with E-state index in [4.69, 9.17) is 9.84 Å². The molecule has 0 aromatic heterocycles. The summed E-state index contributed by atoms with van der Waals surface area (Å²) in [7, 11) is 0. The Morgan fingerprint density at radius 1 is 1.00 bits per heavy atom. The number of nitrogens with zero attached hydrogens (tertiary/aromatic N) is 2. The lowest BCUT2D eigenvalue weighted by Gasteiger charge is -2.35. The Morgan fingerprint density at radius 2 is 1.63 bits per heavy atom. The largest absolute Gasteiger partial charge is 0.395 e. The molecule has 0 unspecified atom stereocenters. The lowest BCUT2D eigenvalue weighted by atomic mass is 9.88. The molecule has 19 heavy (non-hydrogen) atoms. The fraction of sp³-hybridized carbons (Fsp3) is 1.00. The highest BCUT2D eigenvalue weighted by Gasteiger charge is 2.22. The van der Waals surface area contributed by atoms with Crippen LogP contribution in [-0.2, 0) is 4.74 Å². The summed E-state index contributed by atoms with van der Waals surface area (Å²) < 4.78 is 6.08. The molecule has 2 rings (SSSR count). The van der Waals surface area contributed by atoms with E-state index in [-0.39, 0.29) is 6.61 Å². The molecule has 1 aliphatic heterocycles. The number of aliphatic hydroxyl groups excluding tert-OH is 1. The van der Waals surface area contributed by atoms with Crippen molar-refractivity contribution in [1.82, 2.24) is 9.80 Å². The molecule has 2 fully saturated rings. The van der Waals surface area contributed by atoms with Crippen LogP contribution in [0.3, 0.4) is 0 Å². The van der Waals surface area contributed by atoms with Crippen molar-refractivity contribution in [2.24, 2.45) is 5.92 Å². The Balaban J connectivity index is 1.56. The monoisotopic (exact) mass is 270 g/mol. The van der Waals surface area contributed by atoms with Crippen LogP contribution in [0.15, 0.2) is 0 Å². The van der Waals surface area contributed by atoms with E-state index in [2.05, 4.69) is 16.7 Å². The van der Waals surface area contributed by atoms with Gasteiger partial charge in [0.2, 0.25) is 0 Å². The SMILES string of the molecule is C[C@H]1CCCC[C@@H]1OCCN1CCN(CCO)CC1. The Hall–Kier alpha value is -0.160. The molecule has 1 saturated carbocycles. The number of piperazine rings is 1. The summed E-state index contributed by atoms with van der Waals surface area (Å²) in [6, 6.07) is 0. The van der Waals surface area contributed by atoms with Crippen LogP contribution in [0.5, 0.6) is 0 Å². The average Bonchev–Trinajstić information content (AvgIpc) is 2.43. The predicted molar refractivity (Wildman–Crippen MR) is 77.3 cm³/mol. The van der Waals surface area contributed by atoms with Gasteiger partial charge in [-0.2, -0.15) is 0 Å². The van der Waals surface area contributed by atoms with E-state index in [1.165, 1.54) is 25.7 Å². The van der Waals surface area contributed by atoms with Crippen molar-refractivity contribution >= 4 is 0 Å². The first kappa shape index (κ1) is 15.2. The summed E-state index contributed by atoms with van der Waals surface area (Å²) in [6.07, 6.45) is 5.82. The van der Waals surface area contributed by atoms with Gasteiger partial charge in [0.1, 0.15) is 0 Å². The minimum atomic E-state index is 0.280. The molecule has 0 aromatic carbocycles. The van der Waals surface area contributed by atoms with E-state index in [1.54, 1.807) is 0 Å². The van der Waals surface area contributed by atoms with Crippen molar-refractivity contribution in [1.29, 1.82) is 0 Å². The van der Waals surface area contributed by atoms with Gasteiger partial charge in [0.15, 0.2) is 0 Å². The van der Waals surface area contributed by atoms with Gasteiger partial charge in [-0.3, -0.25) is 9.80 Å². The Morgan fingerprint density at radius 3 is 2.26 bits per heavy atom. The average molecular weight is 270 g/mol. The first-order chi connectivity index (χ1) is 9.29. The van der Waals surface area contributed by atoms with E-state index < -0.39 is 0 Å². The van der Waals surface area contributed by atoms with Gasteiger partial charge in [0, 0.05) is 39.3 Å². The molecule has 0 aromatic rings. The summed E-state index contributed by atoms with van der Waals surface area (Å²) in [4.78, 5) is 4.82. The van der Waals surface area contributed by atoms with E-state index in [0.717, 1.165) is 51.8 Å². The van der Waals surface area contributed by atoms with Crippen LogP contribution in [0, 0.1) is 5.92 Å². The Labute approximate surface area is 117 Å². The topological polar surface area (TPSA) is 35.9 Å². The van der Waals surface area contributed by atoms with Crippen molar-refractivity contribution in [2.75, 3.05) is 52.5 Å². The van der Waals surface area contributed by atoms with Gasteiger partial charge in [-0.1, -0.05) is 19.8 Å². The number of hydrogen-bond donors (Lipinski definition) is 1. The predicted octanol–water partition coefficient (Wildman–Crippen LogP) is 1.19. The lowest BCUT2D eigenvalue weighted by Crippen LogP contribution is -2.48. The summed E-state index contributed by atoms with van der Waals surface area (Å²) in [5.74, 6) is 0.746. The minimum Gasteiger partial charge on any atom is -0.395 e. The van der Waals surface area contributed by atoms with Gasteiger partial charge in [-0.05, 0) is 18.8 Å². The lowest BCUT2D eigenvalue weighted by molar-refractivity contribution is -0.0183. The number of hydrogen-bond acceptors (Lipinski definition) is 4. The Kier molecular flexibility index (Phi) is 6.57. The quantitative estimate of drug-likeness (QED) is 0.786. The van der Waals surface area contributed by atoms with Gasteiger partial charge < -0.3 is 9.84 Å². The van der Waals surface area contributed by atoms with Gasteiger partial charge in [0.25, 0.3) is 0 Å². The maximum Gasteiger partial charge on any atom is 0.0601 e. The van der Waals surface area contributed by atoms with Gasteiger partial charge in [0.05, 0.1) is 19.3 Å². The normalized spacial score (nSPS) is 30.6. The second-order valence-corrected chi connectivity index (χ2v) is 6.08. The molecule has 2 atom stereocenters. The second kappa shape index (κ2) is 8.20. The molecule has 1 heterocycles. The van der Waals surface area contributed by atoms with Crippen LogP contribution in [0.4, 0.5) is 0 Å². The van der Waals surface area contributed by atoms with E-state index in [0.29, 0.717) is 6.10 Å². The highest BCUT2D eigenvalue weighted by Crippen LogP contribution is 2.26. The molecule has 112 valence electrons. The fourth-order valence-electron chi connectivity index (χ4n) is 3.24. The first-order valence-electron chi connectivity index (χ1n) is 7.97. The smallest absolute Gasteiger partial charge is 0.0601 e. The molecular weight excluding hydrogens is 240 g/mol.